The molecular weight excluding hydrogens is 256 g/mol. The van der Waals surface area contributed by atoms with Crippen LogP contribution in [0.25, 0.3) is 0 Å². The molecule has 110 valence electrons. The lowest BCUT2D eigenvalue weighted by Gasteiger charge is -2.44. The monoisotopic (exact) mass is 278 g/mol. The Labute approximate surface area is 119 Å². The number of aromatic hydroxyl groups is 1. The van der Waals surface area contributed by atoms with Crippen molar-refractivity contribution >= 4 is 5.97 Å². The normalized spacial score (nSPS) is 20.5. The van der Waals surface area contributed by atoms with Gasteiger partial charge < -0.3 is 15.1 Å². The minimum atomic E-state index is -1.00. The molecule has 0 radical (unpaired) electrons. The fourth-order valence-corrected chi connectivity index (χ4v) is 2.95. The lowest BCUT2D eigenvalue weighted by atomic mass is 9.84. The molecule has 1 heterocycles. The van der Waals surface area contributed by atoms with Crippen molar-refractivity contribution in [2.24, 2.45) is 0 Å². The van der Waals surface area contributed by atoms with Gasteiger partial charge >= 0.3 is 5.97 Å². The minimum Gasteiger partial charge on any atom is -0.508 e. The summed E-state index contributed by atoms with van der Waals surface area (Å²) in [6.45, 7) is 5.11. The van der Waals surface area contributed by atoms with Gasteiger partial charge in [0.15, 0.2) is 0 Å². The van der Waals surface area contributed by atoms with Crippen LogP contribution in [0.15, 0.2) is 24.3 Å². The summed E-state index contributed by atoms with van der Waals surface area (Å²) in [5, 5.41) is 19.3. The van der Waals surface area contributed by atoms with Crippen molar-refractivity contribution in [3.8, 4) is 5.75 Å². The SMILES string of the molecule is CCC(C(=O)O)(c1ccc(O)cc1)N1CCN(C)CC1. The van der Waals surface area contributed by atoms with E-state index in [1.807, 2.05) is 18.9 Å². The largest absolute Gasteiger partial charge is 0.508 e. The first-order chi connectivity index (χ1) is 9.50. The standard InChI is InChI=1S/C15H22N2O3/c1-3-15(14(19)20,12-4-6-13(18)7-5-12)17-10-8-16(2)9-11-17/h4-7,18H,3,8-11H2,1-2H3,(H,19,20). The maximum Gasteiger partial charge on any atom is 0.328 e. The van der Waals surface area contributed by atoms with Crippen molar-refractivity contribution in [1.29, 1.82) is 0 Å². The van der Waals surface area contributed by atoms with E-state index in [4.69, 9.17) is 0 Å². The van der Waals surface area contributed by atoms with Crippen LogP contribution in [0.1, 0.15) is 18.9 Å². The topological polar surface area (TPSA) is 64.0 Å². The molecule has 1 atom stereocenters. The Bertz CT molecular complexity index is 467. The second kappa shape index (κ2) is 5.81. The van der Waals surface area contributed by atoms with Gasteiger partial charge in [-0.15, -0.1) is 0 Å². The average molecular weight is 278 g/mol. The molecule has 5 nitrogen and oxygen atoms in total. The maximum atomic E-state index is 12.0. The Morgan fingerprint density at radius 2 is 1.75 bits per heavy atom. The van der Waals surface area contributed by atoms with Gasteiger partial charge in [0.1, 0.15) is 11.3 Å². The highest BCUT2D eigenvalue weighted by atomic mass is 16.4. The molecule has 2 N–H and O–H groups in total. The second-order valence-corrected chi connectivity index (χ2v) is 5.36. The van der Waals surface area contributed by atoms with Gasteiger partial charge in [-0.25, -0.2) is 4.79 Å². The minimum absolute atomic E-state index is 0.155. The molecule has 1 unspecified atom stereocenters. The number of likely N-dealkylation sites (N-methyl/N-ethyl adjacent to an activating group) is 1. The van der Waals surface area contributed by atoms with E-state index in [1.165, 1.54) is 0 Å². The van der Waals surface area contributed by atoms with E-state index in [0.717, 1.165) is 31.7 Å². The van der Waals surface area contributed by atoms with Crippen LogP contribution in [-0.2, 0) is 10.3 Å². The Balaban J connectivity index is 2.39. The summed E-state index contributed by atoms with van der Waals surface area (Å²) in [6, 6.07) is 6.54. The number of rotatable bonds is 4. The predicted octanol–water partition coefficient (Wildman–Crippen LogP) is 1.33. The lowest BCUT2D eigenvalue weighted by Crippen LogP contribution is -2.58. The molecule has 1 fully saturated rings. The summed E-state index contributed by atoms with van der Waals surface area (Å²) < 4.78 is 0. The molecule has 1 aromatic rings. The summed E-state index contributed by atoms with van der Waals surface area (Å²) in [5.41, 5.74) is -0.274. The van der Waals surface area contributed by atoms with Crippen LogP contribution in [0.5, 0.6) is 5.75 Å². The van der Waals surface area contributed by atoms with Crippen LogP contribution < -0.4 is 0 Å². The zero-order valence-electron chi connectivity index (χ0n) is 12.0. The molecule has 5 heteroatoms. The van der Waals surface area contributed by atoms with Crippen LogP contribution in [0.4, 0.5) is 0 Å². The fourth-order valence-electron chi connectivity index (χ4n) is 2.95. The number of carbonyl (C=O) groups is 1. The quantitative estimate of drug-likeness (QED) is 0.870. The highest BCUT2D eigenvalue weighted by Gasteiger charge is 2.45. The van der Waals surface area contributed by atoms with Gasteiger partial charge in [0, 0.05) is 26.2 Å². The molecule has 1 saturated heterocycles. The van der Waals surface area contributed by atoms with Gasteiger partial charge in [-0.05, 0) is 31.2 Å². The molecule has 0 spiro atoms. The number of aliphatic carboxylic acids is 1. The van der Waals surface area contributed by atoms with Gasteiger partial charge in [-0.2, -0.15) is 0 Å². The Hall–Kier alpha value is -1.59. The third-order valence-electron chi connectivity index (χ3n) is 4.25. The summed E-state index contributed by atoms with van der Waals surface area (Å²) in [6.07, 6.45) is 0.497. The Morgan fingerprint density at radius 1 is 1.20 bits per heavy atom. The van der Waals surface area contributed by atoms with Crippen molar-refractivity contribution in [3.63, 3.8) is 0 Å². The average Bonchev–Trinajstić information content (AvgIpc) is 2.43. The number of phenols is 1. The van der Waals surface area contributed by atoms with Gasteiger partial charge in [0.25, 0.3) is 0 Å². The number of hydrogen-bond acceptors (Lipinski definition) is 4. The van der Waals surface area contributed by atoms with Gasteiger partial charge in [0.05, 0.1) is 0 Å². The van der Waals surface area contributed by atoms with Crippen LogP contribution in [0.3, 0.4) is 0 Å². The van der Waals surface area contributed by atoms with Crippen molar-refractivity contribution in [3.05, 3.63) is 29.8 Å². The molecule has 2 rings (SSSR count). The zero-order chi connectivity index (χ0) is 14.8. The van der Waals surface area contributed by atoms with Gasteiger partial charge in [0.2, 0.25) is 0 Å². The number of phenolic OH excluding ortho intramolecular Hbond substituents is 1. The second-order valence-electron chi connectivity index (χ2n) is 5.36. The van der Waals surface area contributed by atoms with Crippen LogP contribution in [0.2, 0.25) is 0 Å². The van der Waals surface area contributed by atoms with Gasteiger partial charge in [-0.1, -0.05) is 19.1 Å². The number of carboxylic acids is 1. The first-order valence-electron chi connectivity index (χ1n) is 6.97. The molecule has 0 aliphatic carbocycles. The van der Waals surface area contributed by atoms with E-state index in [2.05, 4.69) is 4.90 Å². The predicted molar refractivity (Wildman–Crippen MR) is 76.8 cm³/mol. The smallest absolute Gasteiger partial charge is 0.328 e. The number of piperazine rings is 1. The number of hydrogen-bond donors (Lipinski definition) is 2. The third-order valence-corrected chi connectivity index (χ3v) is 4.25. The molecule has 0 bridgehead atoms. The molecular formula is C15H22N2O3. The van der Waals surface area contributed by atoms with E-state index in [9.17, 15) is 15.0 Å². The van der Waals surface area contributed by atoms with E-state index in [-0.39, 0.29) is 5.75 Å². The van der Waals surface area contributed by atoms with Crippen LogP contribution >= 0.6 is 0 Å². The summed E-state index contributed by atoms with van der Waals surface area (Å²) in [4.78, 5) is 16.2. The lowest BCUT2D eigenvalue weighted by molar-refractivity contribution is -0.154. The van der Waals surface area contributed by atoms with E-state index < -0.39 is 11.5 Å². The highest BCUT2D eigenvalue weighted by Crippen LogP contribution is 2.34. The van der Waals surface area contributed by atoms with Gasteiger partial charge in [-0.3, -0.25) is 4.90 Å². The van der Waals surface area contributed by atoms with E-state index >= 15 is 0 Å². The molecule has 0 saturated carbocycles. The summed E-state index contributed by atoms with van der Waals surface area (Å²) >= 11 is 0. The maximum absolute atomic E-state index is 12.0. The molecule has 1 aromatic carbocycles. The molecule has 0 aromatic heterocycles. The van der Waals surface area contributed by atoms with Crippen molar-refractivity contribution in [2.45, 2.75) is 18.9 Å². The van der Waals surface area contributed by atoms with Crippen molar-refractivity contribution in [2.75, 3.05) is 33.2 Å². The number of benzene rings is 1. The molecule has 1 aliphatic rings. The molecule has 20 heavy (non-hydrogen) atoms. The fraction of sp³-hybridized carbons (Fsp3) is 0.533. The number of carboxylic acid groups (broad SMARTS) is 1. The summed E-state index contributed by atoms with van der Waals surface area (Å²) in [7, 11) is 2.05. The van der Waals surface area contributed by atoms with Crippen molar-refractivity contribution < 1.29 is 15.0 Å². The Morgan fingerprint density at radius 3 is 2.20 bits per heavy atom. The highest BCUT2D eigenvalue weighted by molar-refractivity contribution is 5.81. The third kappa shape index (κ3) is 2.51. The first-order valence-corrected chi connectivity index (χ1v) is 6.97. The number of nitrogens with zero attached hydrogens (tertiary/aromatic N) is 2. The Kier molecular flexibility index (Phi) is 4.30. The summed E-state index contributed by atoms with van der Waals surface area (Å²) in [5.74, 6) is -0.669. The van der Waals surface area contributed by atoms with E-state index in [0.29, 0.717) is 6.42 Å². The molecule has 0 amide bonds. The van der Waals surface area contributed by atoms with E-state index in [1.54, 1.807) is 24.3 Å². The first kappa shape index (κ1) is 14.8. The molecule has 1 aliphatic heterocycles. The zero-order valence-corrected chi connectivity index (χ0v) is 12.0. The van der Waals surface area contributed by atoms with Crippen LogP contribution in [0, 0.1) is 0 Å². The van der Waals surface area contributed by atoms with Crippen molar-refractivity contribution in [1.82, 2.24) is 9.80 Å². The van der Waals surface area contributed by atoms with Crippen LogP contribution in [-0.4, -0.2) is 59.2 Å².